The molecule has 5 nitrogen and oxygen atoms in total. The fourth-order valence-corrected chi connectivity index (χ4v) is 5.27. The smallest absolute Gasteiger partial charge is 0.307 e. The van der Waals surface area contributed by atoms with Gasteiger partial charge >= 0.3 is 5.97 Å². The van der Waals surface area contributed by atoms with Gasteiger partial charge in [-0.15, -0.1) is 11.3 Å². The molecular formula is C15H16BrNO4S2. The number of esters is 1. The van der Waals surface area contributed by atoms with Crippen LogP contribution >= 0.6 is 27.3 Å². The van der Waals surface area contributed by atoms with Crippen LogP contribution in [0.2, 0.25) is 0 Å². The van der Waals surface area contributed by atoms with Gasteiger partial charge in [0.15, 0.2) is 0 Å². The second kappa shape index (κ2) is 7.57. The van der Waals surface area contributed by atoms with Crippen LogP contribution in [-0.2, 0) is 19.6 Å². The SMILES string of the molecule is COC(=O)CC(NS(=O)(=O)c1ccc(C)cc1Br)c1cccs1. The van der Waals surface area contributed by atoms with Crippen LogP contribution in [0, 0.1) is 6.92 Å². The number of ether oxygens (including phenoxy) is 1. The lowest BCUT2D eigenvalue weighted by Gasteiger charge is -2.17. The molecule has 0 spiro atoms. The molecule has 0 radical (unpaired) electrons. The number of nitrogens with one attached hydrogen (secondary N) is 1. The summed E-state index contributed by atoms with van der Waals surface area (Å²) in [5.74, 6) is -0.478. The number of sulfonamides is 1. The van der Waals surface area contributed by atoms with Gasteiger partial charge in [-0.2, -0.15) is 0 Å². The van der Waals surface area contributed by atoms with Crippen molar-refractivity contribution < 1.29 is 17.9 Å². The number of thiophene rings is 1. The standard InChI is InChI=1S/C15H16BrNO4S2/c1-10-5-6-14(11(16)8-10)23(19,20)17-12(9-15(18)21-2)13-4-3-7-22-13/h3-8,12,17H,9H2,1-2H3. The van der Waals surface area contributed by atoms with Crippen molar-refractivity contribution in [1.82, 2.24) is 4.72 Å². The van der Waals surface area contributed by atoms with Crippen molar-refractivity contribution in [2.24, 2.45) is 0 Å². The van der Waals surface area contributed by atoms with Crippen molar-refractivity contribution in [3.05, 3.63) is 50.6 Å². The van der Waals surface area contributed by atoms with Crippen molar-refractivity contribution in [2.45, 2.75) is 24.3 Å². The molecule has 0 amide bonds. The molecule has 124 valence electrons. The summed E-state index contributed by atoms with van der Waals surface area (Å²) in [6, 6.07) is 7.91. The molecule has 2 aromatic rings. The van der Waals surface area contributed by atoms with Crippen LogP contribution < -0.4 is 4.72 Å². The number of carbonyl (C=O) groups excluding carboxylic acids is 1. The Morgan fingerprint density at radius 2 is 2.13 bits per heavy atom. The molecule has 1 unspecified atom stereocenters. The Kier molecular flexibility index (Phi) is 5.96. The first-order chi connectivity index (χ1) is 10.8. The maximum absolute atomic E-state index is 12.7. The highest BCUT2D eigenvalue weighted by Gasteiger charge is 2.26. The van der Waals surface area contributed by atoms with Gasteiger partial charge in [-0.25, -0.2) is 13.1 Å². The molecule has 2 rings (SSSR count). The average molecular weight is 418 g/mol. The number of benzene rings is 1. The lowest BCUT2D eigenvalue weighted by molar-refractivity contribution is -0.141. The zero-order valence-corrected chi connectivity index (χ0v) is 15.8. The summed E-state index contributed by atoms with van der Waals surface area (Å²) in [7, 11) is -2.51. The van der Waals surface area contributed by atoms with Crippen molar-refractivity contribution in [3.63, 3.8) is 0 Å². The molecular weight excluding hydrogens is 402 g/mol. The van der Waals surface area contributed by atoms with Gasteiger partial charge in [-0.3, -0.25) is 4.79 Å². The Labute approximate surface area is 147 Å². The minimum absolute atomic E-state index is 0.0697. The number of hydrogen-bond donors (Lipinski definition) is 1. The molecule has 0 bridgehead atoms. The Bertz CT molecular complexity index is 788. The first-order valence-corrected chi connectivity index (χ1v) is 9.88. The van der Waals surface area contributed by atoms with Gasteiger partial charge in [0.1, 0.15) is 0 Å². The highest BCUT2D eigenvalue weighted by atomic mass is 79.9. The third-order valence-electron chi connectivity index (χ3n) is 3.16. The van der Waals surface area contributed by atoms with E-state index >= 15 is 0 Å². The first kappa shape index (κ1) is 18.1. The average Bonchev–Trinajstić information content (AvgIpc) is 2.99. The topological polar surface area (TPSA) is 72.5 Å². The first-order valence-electron chi connectivity index (χ1n) is 6.72. The summed E-state index contributed by atoms with van der Waals surface area (Å²) in [6.45, 7) is 1.88. The van der Waals surface area contributed by atoms with Gasteiger partial charge in [0.25, 0.3) is 0 Å². The third kappa shape index (κ3) is 4.63. The Hall–Kier alpha value is -1.22. The highest BCUT2D eigenvalue weighted by Crippen LogP contribution is 2.28. The minimum atomic E-state index is -3.78. The van der Waals surface area contributed by atoms with E-state index in [1.165, 1.54) is 24.5 Å². The van der Waals surface area contributed by atoms with Crippen LogP contribution in [0.1, 0.15) is 22.9 Å². The molecule has 1 N–H and O–H groups in total. The fourth-order valence-electron chi connectivity index (χ4n) is 2.01. The van der Waals surface area contributed by atoms with Gasteiger partial charge < -0.3 is 4.74 Å². The van der Waals surface area contributed by atoms with Crippen molar-refractivity contribution in [1.29, 1.82) is 0 Å². The number of aryl methyl sites for hydroxylation is 1. The van der Waals surface area contributed by atoms with Gasteiger partial charge in [0.05, 0.1) is 24.5 Å². The van der Waals surface area contributed by atoms with Crippen LogP contribution in [-0.4, -0.2) is 21.5 Å². The maximum Gasteiger partial charge on any atom is 0.307 e. The molecule has 1 heterocycles. The van der Waals surface area contributed by atoms with Crippen LogP contribution in [0.5, 0.6) is 0 Å². The zero-order chi connectivity index (χ0) is 17.0. The van der Waals surface area contributed by atoms with Gasteiger partial charge in [-0.1, -0.05) is 12.1 Å². The molecule has 0 fully saturated rings. The summed E-state index contributed by atoms with van der Waals surface area (Å²) >= 11 is 4.66. The molecule has 23 heavy (non-hydrogen) atoms. The molecule has 0 aliphatic carbocycles. The molecule has 0 saturated heterocycles. The summed E-state index contributed by atoms with van der Waals surface area (Å²) in [5, 5.41) is 1.83. The molecule has 0 aliphatic heterocycles. The number of carbonyl (C=O) groups is 1. The Balaban J connectivity index is 2.32. The molecule has 1 atom stereocenters. The number of methoxy groups -OCH3 is 1. The normalized spacial score (nSPS) is 12.8. The Morgan fingerprint density at radius 1 is 1.39 bits per heavy atom. The lowest BCUT2D eigenvalue weighted by Crippen LogP contribution is -2.30. The fraction of sp³-hybridized carbons (Fsp3) is 0.267. The molecule has 1 aromatic heterocycles. The molecule has 1 aromatic carbocycles. The zero-order valence-electron chi connectivity index (χ0n) is 12.6. The monoisotopic (exact) mass is 417 g/mol. The molecule has 0 aliphatic rings. The number of hydrogen-bond acceptors (Lipinski definition) is 5. The van der Waals surface area contributed by atoms with Crippen LogP contribution in [0.15, 0.2) is 45.1 Å². The van der Waals surface area contributed by atoms with Gasteiger partial charge in [0, 0.05) is 9.35 Å². The van der Waals surface area contributed by atoms with Gasteiger partial charge in [0.2, 0.25) is 10.0 Å². The van der Waals surface area contributed by atoms with E-state index in [1.807, 2.05) is 12.3 Å². The second-order valence-electron chi connectivity index (χ2n) is 4.90. The number of halogens is 1. The summed E-state index contributed by atoms with van der Waals surface area (Å²) in [6.07, 6.45) is -0.0697. The van der Waals surface area contributed by atoms with Crippen LogP contribution in [0.4, 0.5) is 0 Å². The predicted octanol–water partition coefficient (Wildman–Crippen LogP) is 3.40. The van der Waals surface area contributed by atoms with E-state index < -0.39 is 22.0 Å². The largest absolute Gasteiger partial charge is 0.469 e. The van der Waals surface area contributed by atoms with Crippen molar-refractivity contribution in [2.75, 3.05) is 7.11 Å². The molecule has 0 saturated carbocycles. The van der Waals surface area contributed by atoms with E-state index in [2.05, 4.69) is 25.4 Å². The summed E-state index contributed by atoms with van der Waals surface area (Å²) < 4.78 is 33.0. The maximum atomic E-state index is 12.7. The summed E-state index contributed by atoms with van der Waals surface area (Å²) in [5.41, 5.74) is 0.945. The van der Waals surface area contributed by atoms with E-state index in [0.29, 0.717) is 4.47 Å². The van der Waals surface area contributed by atoms with Crippen molar-refractivity contribution >= 4 is 43.3 Å². The van der Waals surface area contributed by atoms with E-state index in [4.69, 9.17) is 0 Å². The van der Waals surface area contributed by atoms with Crippen LogP contribution in [0.25, 0.3) is 0 Å². The van der Waals surface area contributed by atoms with E-state index in [0.717, 1.165) is 10.4 Å². The number of rotatable bonds is 6. The molecule has 8 heteroatoms. The highest BCUT2D eigenvalue weighted by molar-refractivity contribution is 9.10. The van der Waals surface area contributed by atoms with Crippen molar-refractivity contribution in [3.8, 4) is 0 Å². The van der Waals surface area contributed by atoms with E-state index in [-0.39, 0.29) is 11.3 Å². The Morgan fingerprint density at radius 3 is 2.70 bits per heavy atom. The minimum Gasteiger partial charge on any atom is -0.469 e. The summed E-state index contributed by atoms with van der Waals surface area (Å²) in [4.78, 5) is 12.5. The lowest BCUT2D eigenvalue weighted by atomic mass is 10.2. The predicted molar refractivity (Wildman–Crippen MR) is 92.9 cm³/mol. The van der Waals surface area contributed by atoms with E-state index in [9.17, 15) is 13.2 Å². The van der Waals surface area contributed by atoms with Gasteiger partial charge in [-0.05, 0) is 52.0 Å². The van der Waals surface area contributed by atoms with Crippen LogP contribution in [0.3, 0.4) is 0 Å². The van der Waals surface area contributed by atoms with E-state index in [1.54, 1.807) is 24.3 Å². The quantitative estimate of drug-likeness (QED) is 0.730. The second-order valence-corrected chi connectivity index (χ2v) is 8.42. The third-order valence-corrected chi connectivity index (χ3v) is 6.59.